The lowest BCUT2D eigenvalue weighted by molar-refractivity contribution is -0.385. The van der Waals surface area contributed by atoms with Crippen molar-refractivity contribution in [1.29, 1.82) is 0 Å². The number of nitro benzene ring substituents is 1. The van der Waals surface area contributed by atoms with Crippen LogP contribution in [-0.4, -0.2) is 49.2 Å². The van der Waals surface area contributed by atoms with Gasteiger partial charge in [-0.05, 0) is 13.1 Å². The molecule has 1 aliphatic heterocycles. The molecule has 1 aromatic carbocycles. The average molecular weight is 269 g/mol. The molecule has 0 radical (unpaired) electrons. The van der Waals surface area contributed by atoms with Gasteiger partial charge >= 0.3 is 0 Å². The van der Waals surface area contributed by atoms with Crippen LogP contribution in [0.15, 0.2) is 18.2 Å². The van der Waals surface area contributed by atoms with Gasteiger partial charge < -0.3 is 15.0 Å². The van der Waals surface area contributed by atoms with Crippen molar-refractivity contribution in [3.63, 3.8) is 0 Å². The first-order valence-corrected chi connectivity index (χ1v) is 6.04. The fraction of sp³-hybridized carbons (Fsp3) is 0.500. The lowest BCUT2D eigenvalue weighted by Gasteiger charge is -2.30. The number of anilines is 1. The summed E-state index contributed by atoms with van der Waals surface area (Å²) < 4.78 is 19.2. The average Bonchev–Trinajstić information content (AvgIpc) is 2.37. The van der Waals surface area contributed by atoms with Crippen LogP contribution in [0.3, 0.4) is 0 Å². The number of nitrogens with zero attached hydrogens (tertiary/aromatic N) is 2. The predicted molar refractivity (Wildman–Crippen MR) is 68.8 cm³/mol. The molecule has 1 aliphatic rings. The number of benzene rings is 1. The van der Waals surface area contributed by atoms with Crippen LogP contribution in [0.2, 0.25) is 0 Å². The van der Waals surface area contributed by atoms with Crippen LogP contribution in [0.1, 0.15) is 0 Å². The van der Waals surface area contributed by atoms with Gasteiger partial charge in [0.1, 0.15) is 0 Å². The van der Waals surface area contributed by atoms with E-state index in [1.165, 1.54) is 12.1 Å². The van der Waals surface area contributed by atoms with E-state index in [1.807, 2.05) is 7.05 Å². The van der Waals surface area contributed by atoms with E-state index in [1.54, 1.807) is 0 Å². The van der Waals surface area contributed by atoms with Crippen LogP contribution in [0, 0.1) is 15.9 Å². The minimum atomic E-state index is -0.627. The maximum atomic E-state index is 13.6. The van der Waals surface area contributed by atoms with Gasteiger partial charge in [0, 0.05) is 25.7 Å². The number of halogens is 1. The Morgan fingerprint density at radius 3 is 3.05 bits per heavy atom. The monoisotopic (exact) mass is 269 g/mol. The third-order valence-corrected chi connectivity index (χ3v) is 3.03. The summed E-state index contributed by atoms with van der Waals surface area (Å²) in [5, 5.41) is 13.4. The number of morpholine rings is 1. The molecule has 2 rings (SSSR count). The van der Waals surface area contributed by atoms with Gasteiger partial charge in [-0.2, -0.15) is 0 Å². The molecule has 0 unspecified atom stereocenters. The maximum Gasteiger partial charge on any atom is 0.272 e. The van der Waals surface area contributed by atoms with E-state index in [9.17, 15) is 14.5 Å². The molecular formula is C12H16FN3O3. The van der Waals surface area contributed by atoms with Crippen molar-refractivity contribution in [2.24, 2.45) is 0 Å². The molecule has 104 valence electrons. The number of hydrogen-bond acceptors (Lipinski definition) is 5. The molecule has 6 nitrogen and oxygen atoms in total. The fourth-order valence-electron chi connectivity index (χ4n) is 1.98. The molecule has 0 saturated carbocycles. The van der Waals surface area contributed by atoms with Gasteiger partial charge in [0.05, 0.1) is 29.4 Å². The zero-order chi connectivity index (χ0) is 13.8. The molecule has 1 N–H and O–H groups in total. The summed E-state index contributed by atoms with van der Waals surface area (Å²) >= 11 is 0. The number of nitrogens with one attached hydrogen (secondary N) is 1. The smallest absolute Gasteiger partial charge is 0.272 e. The van der Waals surface area contributed by atoms with Crippen molar-refractivity contribution < 1.29 is 14.1 Å². The van der Waals surface area contributed by atoms with Crippen molar-refractivity contribution in [3.8, 4) is 0 Å². The Bertz CT molecular complexity index is 470. The third-order valence-electron chi connectivity index (χ3n) is 3.03. The first kappa shape index (κ1) is 13.7. The van der Waals surface area contributed by atoms with E-state index in [4.69, 9.17) is 4.74 Å². The number of likely N-dealkylation sites (N-methyl/N-ethyl adjacent to an activating group) is 1. The van der Waals surface area contributed by atoms with Crippen LogP contribution < -0.4 is 5.32 Å². The highest BCUT2D eigenvalue weighted by Crippen LogP contribution is 2.20. The SMILES string of the molecule is CN1CCO[C@@H](CNc2ccc([N+](=O)[O-])cc2F)C1. The molecule has 0 bridgehead atoms. The number of ether oxygens (including phenoxy) is 1. The van der Waals surface area contributed by atoms with E-state index in [-0.39, 0.29) is 17.5 Å². The second-order valence-corrected chi connectivity index (χ2v) is 4.56. The van der Waals surface area contributed by atoms with Crippen molar-refractivity contribution in [2.45, 2.75) is 6.10 Å². The van der Waals surface area contributed by atoms with Crippen LogP contribution in [0.25, 0.3) is 0 Å². The molecule has 1 fully saturated rings. The zero-order valence-electron chi connectivity index (χ0n) is 10.6. The molecule has 0 spiro atoms. The molecule has 1 atom stereocenters. The minimum absolute atomic E-state index is 0.00616. The van der Waals surface area contributed by atoms with Crippen LogP contribution >= 0.6 is 0 Å². The van der Waals surface area contributed by atoms with Crippen LogP contribution in [0.5, 0.6) is 0 Å². The van der Waals surface area contributed by atoms with E-state index in [2.05, 4.69) is 10.2 Å². The molecule has 0 amide bonds. The number of non-ortho nitro benzene ring substituents is 1. The Balaban J connectivity index is 1.94. The lowest BCUT2D eigenvalue weighted by Crippen LogP contribution is -2.43. The Labute approximate surface area is 110 Å². The lowest BCUT2D eigenvalue weighted by atomic mass is 10.2. The van der Waals surface area contributed by atoms with Gasteiger partial charge in [0.15, 0.2) is 5.82 Å². The molecule has 1 saturated heterocycles. The molecule has 0 aromatic heterocycles. The first-order chi connectivity index (χ1) is 9.06. The molecule has 0 aliphatic carbocycles. The second kappa shape index (κ2) is 5.94. The number of rotatable bonds is 4. The second-order valence-electron chi connectivity index (χ2n) is 4.56. The molecule has 1 aromatic rings. The highest BCUT2D eigenvalue weighted by Gasteiger charge is 2.18. The molecule has 7 heteroatoms. The summed E-state index contributed by atoms with van der Waals surface area (Å²) in [5.41, 5.74) is -0.000809. The number of nitro groups is 1. The summed E-state index contributed by atoms with van der Waals surface area (Å²) in [6.07, 6.45) is -0.00616. The molecule has 19 heavy (non-hydrogen) atoms. The number of hydrogen-bond donors (Lipinski definition) is 1. The van der Waals surface area contributed by atoms with Crippen LogP contribution in [0.4, 0.5) is 15.8 Å². The van der Waals surface area contributed by atoms with E-state index in [0.717, 1.165) is 19.2 Å². The Hall–Kier alpha value is -1.73. The standard InChI is InChI=1S/C12H16FN3O3/c1-15-4-5-19-10(8-15)7-14-12-3-2-9(16(17)18)6-11(12)13/h2-3,6,10,14H,4-5,7-8H2,1H3/t10-/m0/s1. The van der Waals surface area contributed by atoms with Gasteiger partial charge in [-0.25, -0.2) is 4.39 Å². The summed E-state index contributed by atoms with van der Waals surface area (Å²) in [7, 11) is 2.00. The summed E-state index contributed by atoms with van der Waals surface area (Å²) in [4.78, 5) is 12.0. The maximum absolute atomic E-state index is 13.6. The summed E-state index contributed by atoms with van der Waals surface area (Å²) in [5.74, 6) is -0.627. The highest BCUT2D eigenvalue weighted by atomic mass is 19.1. The Morgan fingerprint density at radius 1 is 1.63 bits per heavy atom. The summed E-state index contributed by atoms with van der Waals surface area (Å²) in [6.45, 7) is 2.80. The van der Waals surface area contributed by atoms with Gasteiger partial charge in [-0.3, -0.25) is 10.1 Å². The van der Waals surface area contributed by atoms with Gasteiger partial charge in [-0.15, -0.1) is 0 Å². The molecule has 1 heterocycles. The van der Waals surface area contributed by atoms with E-state index in [0.29, 0.717) is 13.2 Å². The first-order valence-electron chi connectivity index (χ1n) is 6.04. The Kier molecular flexibility index (Phi) is 4.28. The quantitative estimate of drug-likeness (QED) is 0.662. The van der Waals surface area contributed by atoms with Gasteiger partial charge in [-0.1, -0.05) is 0 Å². The van der Waals surface area contributed by atoms with Gasteiger partial charge in [0.2, 0.25) is 0 Å². The fourth-order valence-corrected chi connectivity index (χ4v) is 1.98. The van der Waals surface area contributed by atoms with E-state index >= 15 is 0 Å². The zero-order valence-corrected chi connectivity index (χ0v) is 10.6. The summed E-state index contributed by atoms with van der Waals surface area (Å²) in [6, 6.07) is 3.56. The largest absolute Gasteiger partial charge is 0.380 e. The normalized spacial score (nSPS) is 20.2. The minimum Gasteiger partial charge on any atom is -0.380 e. The van der Waals surface area contributed by atoms with Gasteiger partial charge in [0.25, 0.3) is 5.69 Å². The highest BCUT2D eigenvalue weighted by molar-refractivity contribution is 5.50. The van der Waals surface area contributed by atoms with E-state index < -0.39 is 10.7 Å². The van der Waals surface area contributed by atoms with Crippen molar-refractivity contribution in [2.75, 3.05) is 38.6 Å². The van der Waals surface area contributed by atoms with Crippen molar-refractivity contribution >= 4 is 11.4 Å². The topological polar surface area (TPSA) is 67.6 Å². The third kappa shape index (κ3) is 3.62. The van der Waals surface area contributed by atoms with Crippen LogP contribution in [-0.2, 0) is 4.74 Å². The molecular weight excluding hydrogens is 253 g/mol. The predicted octanol–water partition coefficient (Wildman–Crippen LogP) is 1.48. The Morgan fingerprint density at radius 2 is 2.42 bits per heavy atom. The van der Waals surface area contributed by atoms with Crippen molar-refractivity contribution in [3.05, 3.63) is 34.1 Å². The van der Waals surface area contributed by atoms with Crippen molar-refractivity contribution in [1.82, 2.24) is 4.90 Å².